The molecule has 0 unspecified atom stereocenters. The first-order valence-corrected chi connectivity index (χ1v) is 6.74. The Hall–Kier alpha value is -2.85. The predicted molar refractivity (Wildman–Crippen MR) is 71.1 cm³/mol. The zero-order valence-electron chi connectivity index (χ0n) is 12.1. The molecule has 132 valence electrons. The van der Waals surface area contributed by atoms with Crippen LogP contribution in [0.2, 0.25) is 0 Å². The van der Waals surface area contributed by atoms with Crippen molar-refractivity contribution in [2.24, 2.45) is 0 Å². The van der Waals surface area contributed by atoms with Gasteiger partial charge in [-0.3, -0.25) is 4.68 Å². The molecule has 25 heavy (non-hydrogen) atoms. The van der Waals surface area contributed by atoms with Crippen molar-refractivity contribution in [3.05, 3.63) is 53.7 Å². The van der Waals surface area contributed by atoms with Crippen LogP contribution in [0, 0.1) is 0 Å². The Labute approximate surface area is 135 Å². The summed E-state index contributed by atoms with van der Waals surface area (Å²) in [6.07, 6.45) is -8.07. The zero-order chi connectivity index (χ0) is 18.2. The van der Waals surface area contributed by atoms with E-state index >= 15 is 0 Å². The van der Waals surface area contributed by atoms with Gasteiger partial charge in [-0.1, -0.05) is 29.4 Å². The number of halogens is 6. The molecule has 0 atom stereocenters. The monoisotopic (exact) mass is 362 g/mol. The molecular formula is C14H8F6N4O. The van der Waals surface area contributed by atoms with Gasteiger partial charge >= 0.3 is 18.2 Å². The van der Waals surface area contributed by atoms with E-state index in [-0.39, 0.29) is 17.9 Å². The van der Waals surface area contributed by atoms with Gasteiger partial charge in [0.15, 0.2) is 5.69 Å². The molecule has 0 saturated heterocycles. The van der Waals surface area contributed by atoms with Crippen LogP contribution in [0.4, 0.5) is 26.3 Å². The van der Waals surface area contributed by atoms with E-state index in [1.165, 1.54) is 30.5 Å². The van der Waals surface area contributed by atoms with Crippen molar-refractivity contribution in [2.45, 2.75) is 18.9 Å². The van der Waals surface area contributed by atoms with Gasteiger partial charge in [0, 0.05) is 11.8 Å². The summed E-state index contributed by atoms with van der Waals surface area (Å²) in [5.74, 6) is -1.69. The van der Waals surface area contributed by atoms with Crippen LogP contribution in [0.25, 0.3) is 11.4 Å². The summed E-state index contributed by atoms with van der Waals surface area (Å²) in [7, 11) is 0. The van der Waals surface area contributed by atoms with E-state index in [1.54, 1.807) is 0 Å². The van der Waals surface area contributed by atoms with E-state index in [9.17, 15) is 26.3 Å². The first-order valence-electron chi connectivity index (χ1n) is 6.74. The summed E-state index contributed by atoms with van der Waals surface area (Å²) >= 11 is 0. The largest absolute Gasteiger partial charge is 0.471 e. The number of hydrogen-bond donors (Lipinski definition) is 0. The molecule has 0 fully saturated rings. The zero-order valence-corrected chi connectivity index (χ0v) is 12.1. The lowest BCUT2D eigenvalue weighted by molar-refractivity contribution is -0.159. The van der Waals surface area contributed by atoms with Crippen LogP contribution in [0.5, 0.6) is 0 Å². The molecule has 0 aliphatic rings. The van der Waals surface area contributed by atoms with E-state index in [0.717, 1.165) is 10.7 Å². The maximum atomic E-state index is 12.5. The van der Waals surface area contributed by atoms with Gasteiger partial charge in [-0.05, 0) is 11.6 Å². The molecule has 1 aromatic carbocycles. The van der Waals surface area contributed by atoms with E-state index < -0.39 is 23.9 Å². The van der Waals surface area contributed by atoms with Crippen LogP contribution in [-0.4, -0.2) is 19.9 Å². The van der Waals surface area contributed by atoms with Crippen LogP contribution in [0.1, 0.15) is 17.1 Å². The van der Waals surface area contributed by atoms with Gasteiger partial charge in [0.1, 0.15) is 0 Å². The summed E-state index contributed by atoms with van der Waals surface area (Å²) in [6, 6.07) is 6.77. The highest BCUT2D eigenvalue weighted by molar-refractivity contribution is 5.54. The molecule has 3 rings (SSSR count). The third-order valence-corrected chi connectivity index (χ3v) is 3.16. The van der Waals surface area contributed by atoms with Crippen molar-refractivity contribution < 1.29 is 30.9 Å². The molecule has 0 bridgehead atoms. The van der Waals surface area contributed by atoms with Gasteiger partial charge in [0.05, 0.1) is 6.54 Å². The third kappa shape index (κ3) is 3.80. The third-order valence-electron chi connectivity index (χ3n) is 3.16. The van der Waals surface area contributed by atoms with Crippen LogP contribution < -0.4 is 0 Å². The minimum absolute atomic E-state index is 0.0659. The Bertz CT molecular complexity index is 863. The number of aromatic nitrogens is 4. The average molecular weight is 362 g/mol. The molecule has 3 aromatic rings. The van der Waals surface area contributed by atoms with Gasteiger partial charge in [-0.25, -0.2) is 0 Å². The van der Waals surface area contributed by atoms with Crippen molar-refractivity contribution in [3.63, 3.8) is 0 Å². The predicted octanol–water partition coefficient (Wildman–Crippen LogP) is 4.02. The Kier molecular flexibility index (Phi) is 4.01. The Balaban J connectivity index is 1.74. The van der Waals surface area contributed by atoms with E-state index in [1.807, 2.05) is 0 Å². The van der Waals surface area contributed by atoms with E-state index in [4.69, 9.17) is 0 Å². The summed E-state index contributed by atoms with van der Waals surface area (Å²) in [5, 5.41) is 6.66. The maximum Gasteiger partial charge on any atom is 0.471 e. The highest BCUT2D eigenvalue weighted by Crippen LogP contribution is 2.29. The van der Waals surface area contributed by atoms with Gasteiger partial charge in [-0.2, -0.15) is 36.4 Å². The Morgan fingerprint density at radius 2 is 1.60 bits per heavy atom. The van der Waals surface area contributed by atoms with Gasteiger partial charge < -0.3 is 4.52 Å². The molecule has 0 saturated carbocycles. The quantitative estimate of drug-likeness (QED) is 0.661. The molecule has 0 aliphatic carbocycles. The van der Waals surface area contributed by atoms with Crippen LogP contribution >= 0.6 is 0 Å². The van der Waals surface area contributed by atoms with Crippen LogP contribution in [-0.2, 0) is 18.9 Å². The smallest absolute Gasteiger partial charge is 0.329 e. The minimum Gasteiger partial charge on any atom is -0.329 e. The summed E-state index contributed by atoms with van der Waals surface area (Å²) in [5.41, 5.74) is -0.129. The minimum atomic E-state index is -4.73. The summed E-state index contributed by atoms with van der Waals surface area (Å²) in [6.45, 7) is 0.0659. The topological polar surface area (TPSA) is 56.7 Å². The maximum absolute atomic E-state index is 12.5. The fourth-order valence-electron chi connectivity index (χ4n) is 2.00. The molecule has 0 amide bonds. The van der Waals surface area contributed by atoms with Crippen LogP contribution in [0.3, 0.4) is 0 Å². The lowest BCUT2D eigenvalue weighted by Gasteiger charge is -2.04. The standard InChI is InChI=1S/C14H8F6N4O/c15-13(16,17)10-5-6-24(22-10)7-8-1-3-9(4-2-8)11-21-12(25-23-11)14(18,19)20/h1-6H,7H2. The highest BCUT2D eigenvalue weighted by Gasteiger charge is 2.38. The van der Waals surface area contributed by atoms with Crippen molar-refractivity contribution >= 4 is 0 Å². The molecule has 0 radical (unpaired) electrons. The number of hydrogen-bond acceptors (Lipinski definition) is 4. The first kappa shape index (κ1) is 17.0. The van der Waals surface area contributed by atoms with Crippen molar-refractivity contribution in [1.82, 2.24) is 19.9 Å². The normalized spacial score (nSPS) is 12.6. The number of benzene rings is 1. The number of nitrogens with zero attached hydrogens (tertiary/aromatic N) is 4. The molecule has 0 aliphatic heterocycles. The molecule has 0 spiro atoms. The summed E-state index contributed by atoms with van der Waals surface area (Å²) in [4.78, 5) is 3.25. The van der Waals surface area contributed by atoms with E-state index in [2.05, 4.69) is 19.8 Å². The first-order chi connectivity index (χ1) is 11.6. The highest BCUT2D eigenvalue weighted by atomic mass is 19.4. The van der Waals surface area contributed by atoms with Gasteiger partial charge in [0.2, 0.25) is 5.82 Å². The van der Waals surface area contributed by atoms with Gasteiger partial charge in [0.25, 0.3) is 0 Å². The molecular weight excluding hydrogens is 354 g/mol. The molecule has 0 N–H and O–H groups in total. The molecule has 2 heterocycles. The molecule has 2 aromatic heterocycles. The fraction of sp³-hybridized carbons (Fsp3) is 0.214. The van der Waals surface area contributed by atoms with Crippen LogP contribution in [0.15, 0.2) is 41.1 Å². The Morgan fingerprint density at radius 1 is 0.920 bits per heavy atom. The van der Waals surface area contributed by atoms with Crippen molar-refractivity contribution in [3.8, 4) is 11.4 Å². The number of alkyl halides is 6. The molecule has 11 heteroatoms. The average Bonchev–Trinajstić information content (AvgIpc) is 3.15. The summed E-state index contributed by atoms with van der Waals surface area (Å²) < 4.78 is 80.0. The van der Waals surface area contributed by atoms with E-state index in [0.29, 0.717) is 5.56 Å². The van der Waals surface area contributed by atoms with Gasteiger partial charge in [-0.15, -0.1) is 0 Å². The Morgan fingerprint density at radius 3 is 2.12 bits per heavy atom. The second-order valence-electron chi connectivity index (χ2n) is 5.01. The van der Waals surface area contributed by atoms with Crippen molar-refractivity contribution in [2.75, 3.05) is 0 Å². The fourth-order valence-corrected chi connectivity index (χ4v) is 2.00. The number of rotatable bonds is 3. The SMILES string of the molecule is FC(F)(F)c1ccn(Cc2ccc(-c3noc(C(F)(F)F)n3)cc2)n1. The lowest BCUT2D eigenvalue weighted by atomic mass is 10.1. The second kappa shape index (κ2) is 5.90. The molecule has 5 nitrogen and oxygen atoms in total. The lowest BCUT2D eigenvalue weighted by Crippen LogP contribution is -2.08. The second-order valence-corrected chi connectivity index (χ2v) is 5.01. The van der Waals surface area contributed by atoms with Crippen molar-refractivity contribution in [1.29, 1.82) is 0 Å².